The van der Waals surface area contributed by atoms with E-state index in [1.165, 1.54) is 0 Å². The minimum absolute atomic E-state index is 0.0741. The summed E-state index contributed by atoms with van der Waals surface area (Å²) in [5.74, 6) is -1.57. The molecule has 42 valence electrons. The number of hydrogen-bond acceptors (Lipinski definition) is 2. The van der Waals surface area contributed by atoms with Crippen LogP contribution < -0.4 is 5.73 Å². The molecule has 0 radical (unpaired) electrons. The summed E-state index contributed by atoms with van der Waals surface area (Å²) >= 11 is 0. The van der Waals surface area contributed by atoms with Gasteiger partial charge in [0, 0.05) is 0 Å². The molecule has 0 aliphatic rings. The fourth-order valence-corrected chi connectivity index (χ4v) is 0.230. The lowest BCUT2D eigenvalue weighted by Gasteiger charge is -1.81. The van der Waals surface area contributed by atoms with Crippen LogP contribution in [0.15, 0.2) is 0 Å². The van der Waals surface area contributed by atoms with Crippen molar-refractivity contribution in [3.63, 3.8) is 0 Å². The first kappa shape index (κ1) is 7.07. The smallest absolute Gasteiger partial charge is 0.237 e. The molecule has 8 heavy (non-hydrogen) atoms. The van der Waals surface area contributed by atoms with E-state index in [9.17, 15) is 9.59 Å². The van der Waals surface area contributed by atoms with Gasteiger partial charge in [-0.3, -0.25) is 9.59 Å². The molecule has 0 aliphatic carbocycles. The zero-order valence-corrected chi connectivity index (χ0v) is 4.26. The van der Waals surface area contributed by atoms with Crippen molar-refractivity contribution in [3.8, 4) is 0 Å². The van der Waals surface area contributed by atoms with E-state index >= 15 is 0 Å². The molecule has 0 rings (SSSR count). The molecule has 6 heteroatoms. The molecule has 0 spiro atoms. The molecule has 0 saturated carbocycles. The first-order valence-electron chi connectivity index (χ1n) is 2.13. The Morgan fingerprint density at radius 2 is 1.88 bits per heavy atom. The van der Waals surface area contributed by atoms with Crippen molar-refractivity contribution >= 4 is 26.0 Å². The van der Waals surface area contributed by atoms with Crippen LogP contribution in [0.4, 0.5) is 9.59 Å². The molecular formula is C2H5B2NO3. The summed E-state index contributed by atoms with van der Waals surface area (Å²) in [6, 6.07) is 0. The van der Waals surface area contributed by atoms with Crippen molar-refractivity contribution in [2.45, 2.75) is 0 Å². The molecule has 4 nitrogen and oxygen atoms in total. The fraction of sp³-hybridized carbons (Fsp3) is 0. The van der Waals surface area contributed by atoms with E-state index in [4.69, 9.17) is 5.11 Å². The van der Waals surface area contributed by atoms with Gasteiger partial charge in [0.25, 0.3) is 0 Å². The predicted molar refractivity (Wildman–Crippen MR) is 31.9 cm³/mol. The Balaban J connectivity index is 3.18. The first-order valence-corrected chi connectivity index (χ1v) is 2.13. The van der Waals surface area contributed by atoms with Crippen molar-refractivity contribution in [1.82, 2.24) is 0 Å². The van der Waals surface area contributed by atoms with E-state index in [0.717, 1.165) is 0 Å². The second-order valence-corrected chi connectivity index (χ2v) is 1.36. The number of carbonyl (C=O) groups excluding carboxylic acids is 1. The Morgan fingerprint density at radius 3 is 2.00 bits per heavy atom. The van der Waals surface area contributed by atoms with Crippen LogP contribution >= 0.6 is 0 Å². The molecule has 0 atom stereocenters. The van der Waals surface area contributed by atoms with Gasteiger partial charge in [-0.25, -0.2) is 0 Å². The SMILES string of the molecule is NC(=O)BBC(=O)O. The minimum atomic E-state index is -0.996. The van der Waals surface area contributed by atoms with E-state index in [1.807, 2.05) is 0 Å². The third-order valence-electron chi connectivity index (χ3n) is 0.585. The zero-order valence-electron chi connectivity index (χ0n) is 4.26. The Labute approximate surface area is 47.5 Å². The predicted octanol–water partition coefficient (Wildman–Crippen LogP) is -1.47. The number of hydrogen-bond donors (Lipinski definition) is 2. The van der Waals surface area contributed by atoms with E-state index in [2.05, 4.69) is 5.73 Å². The van der Waals surface area contributed by atoms with Crippen LogP contribution in [-0.2, 0) is 0 Å². The second-order valence-electron chi connectivity index (χ2n) is 1.36. The van der Waals surface area contributed by atoms with E-state index in [0.29, 0.717) is 0 Å². The lowest BCUT2D eigenvalue weighted by molar-refractivity contribution is 0.220. The van der Waals surface area contributed by atoms with Crippen LogP contribution in [0.25, 0.3) is 0 Å². The summed E-state index contributed by atoms with van der Waals surface area (Å²) in [6.45, 7) is 0. The van der Waals surface area contributed by atoms with Crippen molar-refractivity contribution in [2.75, 3.05) is 0 Å². The topological polar surface area (TPSA) is 80.4 Å². The highest BCUT2D eigenvalue weighted by Crippen LogP contribution is 1.62. The van der Waals surface area contributed by atoms with Crippen LogP contribution in [0.1, 0.15) is 0 Å². The van der Waals surface area contributed by atoms with E-state index in [1.54, 1.807) is 0 Å². The Morgan fingerprint density at radius 1 is 1.38 bits per heavy atom. The fourth-order valence-electron chi connectivity index (χ4n) is 0.230. The van der Waals surface area contributed by atoms with Gasteiger partial charge >= 0.3 is 0 Å². The quantitative estimate of drug-likeness (QED) is 0.438. The minimum Gasteiger partial charge on any atom is -0.490 e. The number of carboxylic acid groups (broad SMARTS) is 1. The van der Waals surface area contributed by atoms with Crippen molar-refractivity contribution in [1.29, 1.82) is 0 Å². The van der Waals surface area contributed by atoms with Gasteiger partial charge in [0.05, 0.1) is 0 Å². The molecular weight excluding hydrogens is 108 g/mol. The van der Waals surface area contributed by atoms with E-state index in [-0.39, 0.29) is 14.3 Å². The summed E-state index contributed by atoms with van der Waals surface area (Å²) in [7, 11) is -0.245. The van der Waals surface area contributed by atoms with Gasteiger partial charge in [0.1, 0.15) is 0 Å². The van der Waals surface area contributed by atoms with Crippen LogP contribution in [0, 0.1) is 0 Å². The van der Waals surface area contributed by atoms with Gasteiger partial charge in [-0.2, -0.15) is 0 Å². The maximum atomic E-state index is 9.86. The number of carbonyl (C=O) groups is 2. The van der Waals surface area contributed by atoms with Gasteiger partial charge in [-0.15, -0.1) is 0 Å². The van der Waals surface area contributed by atoms with Gasteiger partial charge in [-0.1, -0.05) is 0 Å². The van der Waals surface area contributed by atoms with Gasteiger partial charge in [0.15, 0.2) is 5.81 Å². The Bertz CT molecular complexity index is 99.9. The molecule has 0 unspecified atom stereocenters. The van der Waals surface area contributed by atoms with Crippen LogP contribution in [0.2, 0.25) is 0 Å². The number of nitrogens with two attached hydrogens (primary N) is 1. The average Bonchev–Trinajstić information content (AvgIpc) is 1.61. The van der Waals surface area contributed by atoms with Crippen molar-refractivity contribution < 1.29 is 14.7 Å². The highest BCUT2D eigenvalue weighted by Gasteiger charge is 2.05. The molecule has 0 aliphatic heterocycles. The normalized spacial score (nSPS) is 7.50. The van der Waals surface area contributed by atoms with Crippen LogP contribution in [0.3, 0.4) is 0 Å². The average molecular weight is 113 g/mol. The van der Waals surface area contributed by atoms with Crippen molar-refractivity contribution in [2.24, 2.45) is 5.73 Å². The first-order chi connectivity index (χ1) is 3.63. The van der Waals surface area contributed by atoms with Gasteiger partial charge in [-0.05, 0) is 0 Å². The third kappa shape index (κ3) is 5.07. The molecule has 0 aromatic heterocycles. The lowest BCUT2D eigenvalue weighted by Crippen LogP contribution is -2.27. The molecule has 3 N–H and O–H groups in total. The van der Waals surface area contributed by atoms with E-state index < -0.39 is 11.7 Å². The summed E-state index contributed by atoms with van der Waals surface area (Å²) < 4.78 is 0. The van der Waals surface area contributed by atoms with Crippen molar-refractivity contribution in [3.05, 3.63) is 0 Å². The molecule has 0 bridgehead atoms. The summed E-state index contributed by atoms with van der Waals surface area (Å²) in [6.07, 6.45) is 0. The van der Waals surface area contributed by atoms with Crippen LogP contribution in [0.5, 0.6) is 0 Å². The molecule has 1 amide bonds. The molecule has 0 aromatic rings. The molecule has 0 saturated heterocycles. The summed E-state index contributed by atoms with van der Waals surface area (Å²) in [5, 5.41) is 7.95. The van der Waals surface area contributed by atoms with Crippen LogP contribution in [-0.4, -0.2) is 31.1 Å². The highest BCUT2D eigenvalue weighted by molar-refractivity contribution is 7.26. The Kier molecular flexibility index (Phi) is 2.76. The molecule has 0 aromatic carbocycles. The maximum Gasteiger partial charge on any atom is 0.237 e. The van der Waals surface area contributed by atoms with Gasteiger partial charge in [0.2, 0.25) is 20.2 Å². The highest BCUT2D eigenvalue weighted by atomic mass is 16.4. The molecule has 0 heterocycles. The standard InChI is InChI=1S/C2H5B2NO3/c5-1(6)3-4-2(7)8/h3-4H,(H2,5,6)(H,7,8). The number of amides is 1. The van der Waals surface area contributed by atoms with Gasteiger partial charge < -0.3 is 10.8 Å². The number of rotatable bonds is 3. The lowest BCUT2D eigenvalue weighted by atomic mass is 9.39. The summed E-state index contributed by atoms with van der Waals surface area (Å²) in [5.41, 5.74) is 4.64. The second kappa shape index (κ2) is 3.12. The monoisotopic (exact) mass is 113 g/mol. The molecule has 0 fully saturated rings. The maximum absolute atomic E-state index is 9.86. The third-order valence-corrected chi connectivity index (χ3v) is 0.585. The zero-order chi connectivity index (χ0) is 6.57. The number of primary amides is 1. The summed E-state index contributed by atoms with van der Waals surface area (Å²) in [4.78, 5) is 19.6. The largest absolute Gasteiger partial charge is 0.490 e. The Hall–Kier alpha value is -0.930.